The highest BCUT2D eigenvalue weighted by Crippen LogP contribution is 2.52. The first-order valence-electron chi connectivity index (χ1n) is 20.8. The molecule has 0 spiro atoms. The van der Waals surface area contributed by atoms with Crippen molar-refractivity contribution in [3.8, 4) is 0 Å². The van der Waals surface area contributed by atoms with Crippen molar-refractivity contribution in [2.24, 2.45) is 47.3 Å². The van der Waals surface area contributed by atoms with Gasteiger partial charge in [-0.15, -0.1) is 0 Å². The maximum atomic E-state index is 11.6. The van der Waals surface area contributed by atoms with E-state index in [2.05, 4.69) is 47.3 Å². The van der Waals surface area contributed by atoms with Gasteiger partial charge in [0, 0.05) is 75.3 Å². The number of aliphatic carboxylic acids is 2. The number of hydrogen-bond donors (Lipinski definition) is 2. The van der Waals surface area contributed by atoms with E-state index in [0.717, 1.165) is 101 Å². The van der Waals surface area contributed by atoms with Gasteiger partial charge < -0.3 is 29.8 Å². The second-order valence-electron chi connectivity index (χ2n) is 18.7. The van der Waals surface area contributed by atoms with Gasteiger partial charge >= 0.3 is 11.9 Å². The topological polar surface area (TPSA) is 139 Å². The summed E-state index contributed by atoms with van der Waals surface area (Å²) in [7, 11) is 0. The number of rotatable bonds is 9. The number of carboxylic acid groups (broad SMARTS) is 2. The average Bonchev–Trinajstić information content (AvgIpc) is 3.51. The van der Waals surface area contributed by atoms with E-state index in [4.69, 9.17) is 19.9 Å². The van der Waals surface area contributed by atoms with E-state index < -0.39 is 11.9 Å². The van der Waals surface area contributed by atoms with E-state index in [9.17, 15) is 19.8 Å². The predicted molar refractivity (Wildman–Crippen MR) is 202 cm³/mol. The number of carbonyl (C=O) groups is 2. The molecular weight excluding hydrogens is 669 g/mol. The van der Waals surface area contributed by atoms with Crippen LogP contribution in [0, 0.1) is 47.3 Å². The van der Waals surface area contributed by atoms with Crippen molar-refractivity contribution in [3.05, 3.63) is 22.5 Å². The fourth-order valence-corrected chi connectivity index (χ4v) is 12.4. The number of hydrogen-bond acceptors (Lipinski definition) is 10. The lowest BCUT2D eigenvalue weighted by Gasteiger charge is -2.55. The Bertz CT molecular complexity index is 1810. The molecule has 53 heavy (non-hydrogen) atoms. The Morgan fingerprint density at radius 1 is 0.642 bits per heavy atom. The summed E-state index contributed by atoms with van der Waals surface area (Å²) in [6.07, 6.45) is 8.29. The molecular formula is C41H56N8O4. The van der Waals surface area contributed by atoms with Gasteiger partial charge in [0.15, 0.2) is 0 Å². The summed E-state index contributed by atoms with van der Waals surface area (Å²) in [5.41, 5.74) is 5.11. The lowest BCUT2D eigenvalue weighted by Crippen LogP contribution is -2.59. The molecule has 12 rings (SSSR count). The standard InChI is InChI=1S/C41H56N8O4/c1-20-5-6-29-36(20)42-41(44-38(29)46-15-25-10-26(16-46)30(25)13-34(50)51)49-19-33(23(49)4)24-9-21(2)37-32(12-24)39(45-40(43-37)48-8-7-22(48)3)47-17-27-11-28(18-47)31(27)14-35(52)53/h20-28,30-31,33H,5-19H2,1-4H3,(H,50,51)(H,52,53)/t20-,21+,22-,23-,24?,25-,26+,27-,28+,30?,31?,33?/m0/s1. The molecule has 6 saturated heterocycles. The highest BCUT2D eigenvalue weighted by Gasteiger charge is 2.51. The third-order valence-corrected chi connectivity index (χ3v) is 15.7. The number of aromatic nitrogens is 4. The molecule has 0 aromatic carbocycles. The zero-order chi connectivity index (χ0) is 36.4. The Kier molecular flexibility index (Phi) is 7.93. The second-order valence-corrected chi connectivity index (χ2v) is 18.7. The Morgan fingerprint density at radius 2 is 1.19 bits per heavy atom. The molecule has 284 valence electrons. The van der Waals surface area contributed by atoms with Gasteiger partial charge in [0.1, 0.15) is 11.6 Å². The SMILES string of the molecule is C[C@@H]1CC(C2CN(c3nc4c(c(N5C[C@H]6C[C@@H](C5)C6CC(=O)O)n3)CC[C@@H]4C)[C@H]2C)Cc2c1nc(N1CC[C@@H]1C)nc2N1C[C@H]2C[C@@H](C1)C2CC(=O)O. The maximum absolute atomic E-state index is 11.6. The third kappa shape index (κ3) is 5.41. The van der Waals surface area contributed by atoms with Crippen LogP contribution in [-0.4, -0.2) is 93.4 Å². The first-order chi connectivity index (χ1) is 25.5. The van der Waals surface area contributed by atoms with Crippen LogP contribution in [0.25, 0.3) is 0 Å². The quantitative estimate of drug-likeness (QED) is 0.352. The van der Waals surface area contributed by atoms with Gasteiger partial charge in [-0.2, -0.15) is 9.97 Å². The Labute approximate surface area is 312 Å². The zero-order valence-electron chi connectivity index (χ0n) is 31.8. The normalized spacial score (nSPS) is 37.9. The highest BCUT2D eigenvalue weighted by molar-refractivity contribution is 5.68. The molecule has 6 aliphatic heterocycles. The van der Waals surface area contributed by atoms with Crippen molar-refractivity contribution in [1.82, 2.24) is 19.9 Å². The van der Waals surface area contributed by atoms with Crippen molar-refractivity contribution in [2.75, 3.05) is 58.9 Å². The Balaban J connectivity index is 0.896. The van der Waals surface area contributed by atoms with Crippen LogP contribution in [0.2, 0.25) is 0 Å². The van der Waals surface area contributed by atoms with Gasteiger partial charge in [-0.05, 0) is 118 Å². The van der Waals surface area contributed by atoms with Crippen molar-refractivity contribution in [1.29, 1.82) is 0 Å². The van der Waals surface area contributed by atoms with Crippen LogP contribution in [0.15, 0.2) is 0 Å². The van der Waals surface area contributed by atoms with Gasteiger partial charge in [-0.1, -0.05) is 13.8 Å². The van der Waals surface area contributed by atoms with E-state index in [1.54, 1.807) is 0 Å². The lowest BCUT2D eigenvalue weighted by molar-refractivity contribution is -0.142. The van der Waals surface area contributed by atoms with E-state index in [0.29, 0.717) is 77.7 Å². The van der Waals surface area contributed by atoms with Gasteiger partial charge in [-0.25, -0.2) is 9.97 Å². The van der Waals surface area contributed by atoms with Gasteiger partial charge in [0.25, 0.3) is 0 Å². The maximum Gasteiger partial charge on any atom is 0.303 e. The molecule has 2 aromatic rings. The van der Waals surface area contributed by atoms with Crippen molar-refractivity contribution in [3.63, 3.8) is 0 Å². The van der Waals surface area contributed by atoms with Crippen LogP contribution in [0.1, 0.15) is 107 Å². The molecule has 8 fully saturated rings. The smallest absolute Gasteiger partial charge is 0.303 e. The van der Waals surface area contributed by atoms with Crippen LogP contribution < -0.4 is 19.6 Å². The van der Waals surface area contributed by atoms with Crippen molar-refractivity contribution in [2.45, 2.75) is 109 Å². The minimum absolute atomic E-state index is 0.289. The molecule has 4 unspecified atom stereocenters. The lowest BCUT2D eigenvalue weighted by atomic mass is 9.60. The van der Waals surface area contributed by atoms with Gasteiger partial charge in [0.2, 0.25) is 11.9 Å². The van der Waals surface area contributed by atoms with E-state index in [1.165, 1.54) is 28.9 Å². The molecule has 2 saturated carbocycles. The highest BCUT2D eigenvalue weighted by atomic mass is 16.4. The van der Waals surface area contributed by atoms with E-state index in [1.807, 2.05) is 0 Å². The summed E-state index contributed by atoms with van der Waals surface area (Å²) in [4.78, 5) is 54.2. The summed E-state index contributed by atoms with van der Waals surface area (Å²) in [5.74, 6) is 6.85. The van der Waals surface area contributed by atoms with Crippen LogP contribution in [0.4, 0.5) is 23.5 Å². The summed E-state index contributed by atoms with van der Waals surface area (Å²) < 4.78 is 0. The minimum Gasteiger partial charge on any atom is -0.481 e. The first kappa shape index (κ1) is 33.8. The summed E-state index contributed by atoms with van der Waals surface area (Å²) in [6.45, 7) is 14.9. The van der Waals surface area contributed by atoms with Crippen LogP contribution >= 0.6 is 0 Å². The molecule has 10 aliphatic rings. The molecule has 2 aromatic heterocycles. The van der Waals surface area contributed by atoms with Gasteiger partial charge in [-0.3, -0.25) is 9.59 Å². The van der Waals surface area contributed by atoms with Crippen molar-refractivity contribution >= 4 is 35.5 Å². The molecule has 0 amide bonds. The average molecular weight is 725 g/mol. The second kappa shape index (κ2) is 12.4. The first-order valence-corrected chi connectivity index (χ1v) is 20.8. The summed E-state index contributed by atoms with van der Waals surface area (Å²) >= 11 is 0. The van der Waals surface area contributed by atoms with Crippen LogP contribution in [0.5, 0.6) is 0 Å². The Hall–Kier alpha value is -3.70. The monoisotopic (exact) mass is 724 g/mol. The number of fused-ring (bicyclic) bond motifs is 6. The molecule has 4 bridgehead atoms. The molecule has 8 heterocycles. The minimum atomic E-state index is -0.669. The summed E-state index contributed by atoms with van der Waals surface area (Å²) in [6, 6.07) is 0.791. The number of nitrogens with zero attached hydrogens (tertiary/aromatic N) is 8. The largest absolute Gasteiger partial charge is 0.481 e. The third-order valence-electron chi connectivity index (χ3n) is 15.7. The number of piperidine rings is 4. The molecule has 12 atom stereocenters. The van der Waals surface area contributed by atoms with Gasteiger partial charge in [0.05, 0.1) is 11.4 Å². The fraction of sp³-hybridized carbons (Fsp3) is 0.756. The zero-order valence-corrected chi connectivity index (χ0v) is 31.8. The molecule has 0 radical (unpaired) electrons. The molecule has 12 heteroatoms. The molecule has 12 nitrogen and oxygen atoms in total. The van der Waals surface area contributed by atoms with Crippen molar-refractivity contribution < 1.29 is 19.8 Å². The van der Waals surface area contributed by atoms with Crippen LogP contribution in [0.3, 0.4) is 0 Å². The number of anilines is 4. The molecule has 2 N–H and O–H groups in total. The summed E-state index contributed by atoms with van der Waals surface area (Å²) in [5, 5.41) is 19.0. The van der Waals surface area contributed by atoms with E-state index in [-0.39, 0.29) is 6.42 Å². The molecule has 4 aliphatic carbocycles. The number of carboxylic acids is 2. The fourth-order valence-electron chi connectivity index (χ4n) is 12.4. The van der Waals surface area contributed by atoms with Crippen LogP contribution in [-0.2, 0) is 22.4 Å². The Morgan fingerprint density at radius 3 is 1.70 bits per heavy atom. The predicted octanol–water partition coefficient (Wildman–Crippen LogP) is 5.20. The van der Waals surface area contributed by atoms with E-state index >= 15 is 0 Å².